The Morgan fingerprint density at radius 3 is 2.39 bits per heavy atom. The number of methoxy groups -OCH3 is 1. The zero-order valence-electron chi connectivity index (χ0n) is 20.7. The van der Waals surface area contributed by atoms with E-state index in [1.165, 1.54) is 4.90 Å². The molecule has 3 atom stereocenters. The molecule has 2 aliphatic heterocycles. The second-order valence-electron chi connectivity index (χ2n) is 9.07. The number of hydroxylamine groups is 1. The first-order valence-electron chi connectivity index (χ1n) is 12.3. The monoisotopic (exact) mass is 486 g/mol. The van der Waals surface area contributed by atoms with Gasteiger partial charge in [-0.2, -0.15) is 0 Å². The topological polar surface area (TPSA) is 68.3 Å². The van der Waals surface area contributed by atoms with Crippen molar-refractivity contribution in [3.05, 3.63) is 83.9 Å². The van der Waals surface area contributed by atoms with Gasteiger partial charge in [0.05, 0.1) is 31.1 Å². The standard InChI is InChI=1S/C29H30N2O5/c1-4-5-17-35-23-16-15-20(18-24(23)34-3)26-25-27(36-31(26)21-12-7-6-8-13-21)29(33)30(28(25)32)22-14-10-9-11-19(22)2/h6-16,18,25-27H,4-5,17H2,1-3H3/t25-,26+,27+/m1/s1. The normalized spacial score (nSPS) is 21.1. The molecular formula is C29H30N2O5. The highest BCUT2D eigenvalue weighted by molar-refractivity contribution is 6.24. The summed E-state index contributed by atoms with van der Waals surface area (Å²) < 4.78 is 11.5. The van der Waals surface area contributed by atoms with Crippen molar-refractivity contribution < 1.29 is 23.9 Å². The summed E-state index contributed by atoms with van der Waals surface area (Å²) >= 11 is 0. The van der Waals surface area contributed by atoms with Gasteiger partial charge in [0.2, 0.25) is 5.91 Å². The lowest BCUT2D eigenvalue weighted by Crippen LogP contribution is -2.37. The number of hydrogen-bond acceptors (Lipinski definition) is 6. The van der Waals surface area contributed by atoms with Gasteiger partial charge >= 0.3 is 0 Å². The van der Waals surface area contributed by atoms with Crippen molar-refractivity contribution in [2.75, 3.05) is 23.7 Å². The maximum absolute atomic E-state index is 13.8. The minimum Gasteiger partial charge on any atom is -0.493 e. The Bertz CT molecular complexity index is 1260. The van der Waals surface area contributed by atoms with Gasteiger partial charge in [0.25, 0.3) is 5.91 Å². The van der Waals surface area contributed by atoms with Crippen LogP contribution in [0.15, 0.2) is 72.8 Å². The molecule has 0 bridgehead atoms. The summed E-state index contributed by atoms with van der Waals surface area (Å²) in [5, 5.41) is 1.69. The Morgan fingerprint density at radius 1 is 0.917 bits per heavy atom. The molecule has 0 saturated carbocycles. The van der Waals surface area contributed by atoms with E-state index in [0.29, 0.717) is 23.8 Å². The number of nitrogens with zero attached hydrogens (tertiary/aromatic N) is 2. The Labute approximate surface area is 211 Å². The van der Waals surface area contributed by atoms with Gasteiger partial charge in [-0.05, 0) is 54.8 Å². The maximum atomic E-state index is 13.8. The van der Waals surface area contributed by atoms with Crippen LogP contribution in [-0.2, 0) is 14.4 Å². The number of fused-ring (bicyclic) bond motifs is 1. The van der Waals surface area contributed by atoms with Crippen LogP contribution in [0, 0.1) is 12.8 Å². The largest absolute Gasteiger partial charge is 0.493 e. The molecule has 36 heavy (non-hydrogen) atoms. The molecule has 7 heteroatoms. The van der Waals surface area contributed by atoms with E-state index in [4.69, 9.17) is 14.3 Å². The molecule has 2 saturated heterocycles. The third kappa shape index (κ3) is 4.09. The molecular weight excluding hydrogens is 456 g/mol. The summed E-state index contributed by atoms with van der Waals surface area (Å²) in [5.74, 6) is -0.118. The zero-order valence-corrected chi connectivity index (χ0v) is 20.7. The SMILES string of the molecule is CCCCOc1ccc([C@H]2[C@H]3C(=O)N(c4ccccc4C)C(=O)[C@H]3ON2c2ccccc2)cc1OC. The van der Waals surface area contributed by atoms with Gasteiger partial charge in [-0.15, -0.1) is 0 Å². The van der Waals surface area contributed by atoms with Gasteiger partial charge in [-0.3, -0.25) is 14.4 Å². The summed E-state index contributed by atoms with van der Waals surface area (Å²) in [6.45, 7) is 4.59. The van der Waals surface area contributed by atoms with Crippen molar-refractivity contribution in [1.82, 2.24) is 0 Å². The molecule has 0 aromatic heterocycles. The first kappa shape index (κ1) is 23.9. The van der Waals surface area contributed by atoms with Crippen LogP contribution in [0.25, 0.3) is 0 Å². The summed E-state index contributed by atoms with van der Waals surface area (Å²) in [6.07, 6.45) is 1.05. The number of aryl methyl sites for hydroxylation is 1. The number of carbonyl (C=O) groups excluding carboxylic acids is 2. The van der Waals surface area contributed by atoms with Crippen LogP contribution in [0.4, 0.5) is 11.4 Å². The van der Waals surface area contributed by atoms with Gasteiger partial charge in [0, 0.05) is 0 Å². The van der Waals surface area contributed by atoms with E-state index in [2.05, 4.69) is 6.92 Å². The van der Waals surface area contributed by atoms with Crippen LogP contribution < -0.4 is 19.4 Å². The van der Waals surface area contributed by atoms with E-state index in [1.807, 2.05) is 73.7 Å². The molecule has 3 aromatic carbocycles. The predicted octanol–water partition coefficient (Wildman–Crippen LogP) is 5.23. The minimum absolute atomic E-state index is 0.273. The van der Waals surface area contributed by atoms with E-state index in [-0.39, 0.29) is 11.8 Å². The summed E-state index contributed by atoms with van der Waals surface area (Å²) in [6, 6.07) is 22.1. The van der Waals surface area contributed by atoms with Crippen LogP contribution in [0.1, 0.15) is 36.9 Å². The van der Waals surface area contributed by atoms with Crippen molar-refractivity contribution in [1.29, 1.82) is 0 Å². The zero-order chi connectivity index (χ0) is 25.2. The van der Waals surface area contributed by atoms with E-state index in [9.17, 15) is 9.59 Å². The number of para-hydroxylation sites is 2. The molecule has 0 aliphatic carbocycles. The van der Waals surface area contributed by atoms with Crippen molar-refractivity contribution in [2.24, 2.45) is 5.92 Å². The fraction of sp³-hybridized carbons (Fsp3) is 0.310. The number of rotatable bonds is 8. The van der Waals surface area contributed by atoms with E-state index in [0.717, 1.165) is 29.7 Å². The third-order valence-corrected chi connectivity index (χ3v) is 6.77. The Morgan fingerprint density at radius 2 is 1.67 bits per heavy atom. The molecule has 0 radical (unpaired) electrons. The molecule has 0 spiro atoms. The van der Waals surface area contributed by atoms with Gasteiger partial charge in [0.1, 0.15) is 5.92 Å². The number of hydrogen-bond donors (Lipinski definition) is 0. The van der Waals surface area contributed by atoms with Gasteiger partial charge in [-0.25, -0.2) is 9.96 Å². The number of imide groups is 1. The molecule has 3 aromatic rings. The maximum Gasteiger partial charge on any atom is 0.266 e. The highest BCUT2D eigenvalue weighted by Crippen LogP contribution is 2.49. The average molecular weight is 487 g/mol. The fourth-order valence-corrected chi connectivity index (χ4v) is 4.92. The van der Waals surface area contributed by atoms with Gasteiger partial charge < -0.3 is 9.47 Å². The van der Waals surface area contributed by atoms with Crippen LogP contribution in [0.2, 0.25) is 0 Å². The van der Waals surface area contributed by atoms with Crippen LogP contribution >= 0.6 is 0 Å². The molecule has 5 rings (SSSR count). The number of ether oxygens (including phenoxy) is 2. The number of benzene rings is 3. The van der Waals surface area contributed by atoms with Crippen molar-refractivity contribution >= 4 is 23.2 Å². The van der Waals surface area contributed by atoms with Gasteiger partial charge in [-0.1, -0.05) is 55.8 Å². The summed E-state index contributed by atoms with van der Waals surface area (Å²) in [5.41, 5.74) is 3.01. The van der Waals surface area contributed by atoms with Gasteiger partial charge in [0.15, 0.2) is 17.6 Å². The molecule has 7 nitrogen and oxygen atoms in total. The molecule has 2 heterocycles. The van der Waals surface area contributed by atoms with E-state index >= 15 is 0 Å². The lowest BCUT2D eigenvalue weighted by molar-refractivity contribution is -0.126. The number of amides is 2. The summed E-state index contributed by atoms with van der Waals surface area (Å²) in [7, 11) is 1.60. The van der Waals surface area contributed by atoms with Crippen molar-refractivity contribution in [2.45, 2.75) is 38.8 Å². The Kier molecular flexibility index (Phi) is 6.65. The second-order valence-corrected chi connectivity index (χ2v) is 9.07. The highest BCUT2D eigenvalue weighted by atomic mass is 16.7. The first-order chi connectivity index (χ1) is 17.5. The molecule has 2 aliphatic rings. The Balaban J connectivity index is 1.56. The van der Waals surface area contributed by atoms with E-state index < -0.39 is 18.1 Å². The van der Waals surface area contributed by atoms with Crippen LogP contribution in [0.3, 0.4) is 0 Å². The molecule has 2 amide bonds. The lowest BCUT2D eigenvalue weighted by Gasteiger charge is -2.29. The van der Waals surface area contributed by atoms with Crippen LogP contribution in [-0.4, -0.2) is 31.6 Å². The first-order valence-corrected chi connectivity index (χ1v) is 12.3. The molecule has 0 unspecified atom stereocenters. The fourth-order valence-electron chi connectivity index (χ4n) is 4.92. The highest BCUT2D eigenvalue weighted by Gasteiger charge is 2.60. The quantitative estimate of drug-likeness (QED) is 0.321. The number of carbonyl (C=O) groups is 2. The number of anilines is 2. The van der Waals surface area contributed by atoms with Crippen molar-refractivity contribution in [3.8, 4) is 11.5 Å². The lowest BCUT2D eigenvalue weighted by atomic mass is 9.90. The number of unbranched alkanes of at least 4 members (excludes halogenated alkanes) is 1. The second kappa shape index (κ2) is 10.0. The van der Waals surface area contributed by atoms with E-state index in [1.54, 1.807) is 18.2 Å². The van der Waals surface area contributed by atoms with Crippen molar-refractivity contribution in [3.63, 3.8) is 0 Å². The third-order valence-electron chi connectivity index (χ3n) is 6.77. The average Bonchev–Trinajstić information content (AvgIpc) is 3.41. The summed E-state index contributed by atoms with van der Waals surface area (Å²) in [4.78, 5) is 34.9. The molecule has 186 valence electrons. The minimum atomic E-state index is -0.922. The molecule has 0 N–H and O–H groups in total. The molecule has 2 fully saturated rings. The predicted molar refractivity (Wildman–Crippen MR) is 137 cm³/mol. The Hall–Kier alpha value is -3.84. The van der Waals surface area contributed by atoms with Crippen LogP contribution in [0.5, 0.6) is 11.5 Å². The smallest absolute Gasteiger partial charge is 0.266 e.